The number of nitrogens with zero attached hydrogens (tertiary/aromatic N) is 1. The maximum atomic E-state index is 13.6. The zero-order chi connectivity index (χ0) is 14.7. The second-order valence-electron chi connectivity index (χ2n) is 4.17. The van der Waals surface area contributed by atoms with E-state index >= 15 is 0 Å². The summed E-state index contributed by atoms with van der Waals surface area (Å²) in [7, 11) is 0. The van der Waals surface area contributed by atoms with Gasteiger partial charge in [-0.15, -0.1) is 0 Å². The van der Waals surface area contributed by atoms with Crippen LogP contribution in [-0.2, 0) is 9.59 Å². The number of rotatable bonds is 5. The molecule has 0 heterocycles. The fourth-order valence-corrected chi connectivity index (χ4v) is 1.65. The summed E-state index contributed by atoms with van der Waals surface area (Å²) >= 11 is 0. The molecule has 0 fully saturated rings. The van der Waals surface area contributed by atoms with Gasteiger partial charge in [0.2, 0.25) is 6.41 Å². The van der Waals surface area contributed by atoms with E-state index in [0.717, 1.165) is 4.90 Å². The summed E-state index contributed by atoms with van der Waals surface area (Å²) in [4.78, 5) is 22.9. The van der Waals surface area contributed by atoms with Crippen molar-refractivity contribution in [3.63, 3.8) is 0 Å². The molecule has 0 aliphatic heterocycles. The number of aliphatic carboxylic acids is 1. The lowest BCUT2D eigenvalue weighted by atomic mass is 10.0. The van der Waals surface area contributed by atoms with Crippen LogP contribution < -0.4 is 0 Å². The van der Waals surface area contributed by atoms with E-state index in [1.165, 1.54) is 13.8 Å². The molecule has 1 N–H and O–H groups in total. The molecule has 7 heteroatoms. The standard InChI is InChI=1S/C12H12F3NO3/c1-6(2)16(5-17)11(12(18)19)7-3-9(14)10(15)4-8(7)13/h3-6,11H,1-2H3,(H,18,19). The largest absolute Gasteiger partial charge is 0.479 e. The summed E-state index contributed by atoms with van der Waals surface area (Å²) in [6.45, 7) is 3.03. The summed E-state index contributed by atoms with van der Waals surface area (Å²) in [5, 5.41) is 9.08. The molecule has 1 unspecified atom stereocenters. The van der Waals surface area contributed by atoms with Crippen molar-refractivity contribution in [3.8, 4) is 0 Å². The van der Waals surface area contributed by atoms with Crippen LogP contribution in [0.15, 0.2) is 12.1 Å². The van der Waals surface area contributed by atoms with Crippen molar-refractivity contribution >= 4 is 12.4 Å². The Morgan fingerprint density at radius 2 is 1.74 bits per heavy atom. The Balaban J connectivity index is 3.38. The van der Waals surface area contributed by atoms with Gasteiger partial charge in [0.25, 0.3) is 0 Å². The van der Waals surface area contributed by atoms with Crippen molar-refractivity contribution in [2.24, 2.45) is 0 Å². The van der Waals surface area contributed by atoms with Crippen LogP contribution >= 0.6 is 0 Å². The molecule has 1 rings (SSSR count). The molecule has 1 amide bonds. The van der Waals surface area contributed by atoms with Crippen molar-refractivity contribution in [2.45, 2.75) is 25.9 Å². The Morgan fingerprint density at radius 3 is 2.16 bits per heavy atom. The molecular weight excluding hydrogens is 263 g/mol. The molecule has 0 spiro atoms. The lowest BCUT2D eigenvalue weighted by molar-refractivity contribution is -0.148. The molecule has 0 saturated heterocycles. The summed E-state index contributed by atoms with van der Waals surface area (Å²) < 4.78 is 39.5. The normalized spacial score (nSPS) is 12.3. The van der Waals surface area contributed by atoms with Gasteiger partial charge in [-0.3, -0.25) is 4.79 Å². The average molecular weight is 275 g/mol. The van der Waals surface area contributed by atoms with Gasteiger partial charge in [-0.05, 0) is 19.9 Å². The van der Waals surface area contributed by atoms with Gasteiger partial charge < -0.3 is 10.0 Å². The molecular formula is C12H12F3NO3. The van der Waals surface area contributed by atoms with Crippen LogP contribution in [-0.4, -0.2) is 28.4 Å². The van der Waals surface area contributed by atoms with Gasteiger partial charge in [-0.2, -0.15) is 0 Å². The van der Waals surface area contributed by atoms with Crippen LogP contribution in [0.3, 0.4) is 0 Å². The summed E-state index contributed by atoms with van der Waals surface area (Å²) in [5.41, 5.74) is -0.604. The highest BCUT2D eigenvalue weighted by atomic mass is 19.2. The zero-order valence-electron chi connectivity index (χ0n) is 10.2. The number of amides is 1. The predicted octanol–water partition coefficient (Wildman–Crippen LogP) is 2.10. The van der Waals surface area contributed by atoms with Gasteiger partial charge in [0.15, 0.2) is 17.7 Å². The number of hydrogen-bond donors (Lipinski definition) is 1. The number of benzene rings is 1. The third-order valence-corrected chi connectivity index (χ3v) is 2.58. The van der Waals surface area contributed by atoms with Crippen LogP contribution in [0.1, 0.15) is 25.5 Å². The third kappa shape index (κ3) is 3.04. The topological polar surface area (TPSA) is 57.6 Å². The van der Waals surface area contributed by atoms with Crippen molar-refractivity contribution in [1.29, 1.82) is 0 Å². The summed E-state index contributed by atoms with van der Waals surface area (Å²) in [6, 6.07) is -1.56. The van der Waals surface area contributed by atoms with E-state index in [0.29, 0.717) is 6.07 Å². The van der Waals surface area contributed by atoms with Crippen molar-refractivity contribution < 1.29 is 27.9 Å². The molecule has 0 saturated carbocycles. The smallest absolute Gasteiger partial charge is 0.331 e. The first kappa shape index (κ1) is 15.0. The maximum absolute atomic E-state index is 13.6. The molecule has 0 aliphatic carbocycles. The quantitative estimate of drug-likeness (QED) is 0.661. The molecule has 4 nitrogen and oxygen atoms in total. The van der Waals surface area contributed by atoms with Crippen LogP contribution in [0.5, 0.6) is 0 Å². The van der Waals surface area contributed by atoms with Gasteiger partial charge >= 0.3 is 5.97 Å². The second-order valence-corrected chi connectivity index (χ2v) is 4.17. The molecule has 1 atom stereocenters. The number of carbonyl (C=O) groups is 2. The van der Waals surface area contributed by atoms with Gasteiger partial charge in [0.05, 0.1) is 0 Å². The number of hydrogen-bond acceptors (Lipinski definition) is 2. The SMILES string of the molecule is CC(C)N(C=O)C(C(=O)O)c1cc(F)c(F)cc1F. The minimum Gasteiger partial charge on any atom is -0.479 e. The molecule has 0 radical (unpaired) electrons. The number of carboxylic acid groups (broad SMARTS) is 1. The number of carbonyl (C=O) groups excluding carboxylic acids is 1. The van der Waals surface area contributed by atoms with Crippen molar-refractivity contribution in [3.05, 3.63) is 35.1 Å². The highest BCUT2D eigenvalue weighted by Gasteiger charge is 2.31. The van der Waals surface area contributed by atoms with Crippen LogP contribution in [0.4, 0.5) is 13.2 Å². The van der Waals surface area contributed by atoms with E-state index in [-0.39, 0.29) is 12.5 Å². The molecule has 1 aromatic rings. The van der Waals surface area contributed by atoms with Crippen LogP contribution in [0.25, 0.3) is 0 Å². The molecule has 0 aromatic heterocycles. The highest BCUT2D eigenvalue weighted by molar-refractivity contribution is 5.78. The lowest BCUT2D eigenvalue weighted by Crippen LogP contribution is -2.38. The minimum atomic E-state index is -1.72. The molecule has 0 bridgehead atoms. The second kappa shape index (κ2) is 5.73. The molecule has 19 heavy (non-hydrogen) atoms. The monoisotopic (exact) mass is 275 g/mol. The van der Waals surface area contributed by atoms with Gasteiger partial charge in [-0.1, -0.05) is 0 Å². The van der Waals surface area contributed by atoms with Gasteiger partial charge in [-0.25, -0.2) is 18.0 Å². The molecule has 0 aliphatic rings. The first-order valence-corrected chi connectivity index (χ1v) is 5.39. The Labute approximate surface area is 107 Å². The van der Waals surface area contributed by atoms with Gasteiger partial charge in [0.1, 0.15) is 5.82 Å². The average Bonchev–Trinajstić information content (AvgIpc) is 2.30. The van der Waals surface area contributed by atoms with E-state index in [4.69, 9.17) is 5.11 Å². The summed E-state index contributed by atoms with van der Waals surface area (Å²) in [5.74, 6) is -5.56. The molecule has 104 valence electrons. The predicted molar refractivity (Wildman–Crippen MR) is 59.7 cm³/mol. The van der Waals surface area contributed by atoms with Crippen LogP contribution in [0, 0.1) is 17.5 Å². The first-order valence-electron chi connectivity index (χ1n) is 5.39. The van der Waals surface area contributed by atoms with E-state index in [1.54, 1.807) is 0 Å². The van der Waals surface area contributed by atoms with Gasteiger partial charge in [0, 0.05) is 17.7 Å². The minimum absolute atomic E-state index is 0.226. The fourth-order valence-electron chi connectivity index (χ4n) is 1.65. The van der Waals surface area contributed by atoms with Crippen LogP contribution in [0.2, 0.25) is 0 Å². The van der Waals surface area contributed by atoms with E-state index < -0.39 is 41.1 Å². The number of carboxylic acids is 1. The first-order chi connectivity index (χ1) is 8.79. The Hall–Kier alpha value is -2.05. The van der Waals surface area contributed by atoms with E-state index in [2.05, 4.69) is 0 Å². The Bertz CT molecular complexity index is 505. The van der Waals surface area contributed by atoms with E-state index in [9.17, 15) is 22.8 Å². The maximum Gasteiger partial charge on any atom is 0.331 e. The Kier molecular flexibility index (Phi) is 4.52. The van der Waals surface area contributed by atoms with Crippen molar-refractivity contribution in [1.82, 2.24) is 4.90 Å². The fraction of sp³-hybridized carbons (Fsp3) is 0.333. The molecule has 1 aromatic carbocycles. The summed E-state index contributed by atoms with van der Waals surface area (Å²) in [6.07, 6.45) is 0.226. The van der Waals surface area contributed by atoms with E-state index in [1.807, 2.05) is 0 Å². The van der Waals surface area contributed by atoms with Crippen molar-refractivity contribution in [2.75, 3.05) is 0 Å². The third-order valence-electron chi connectivity index (χ3n) is 2.58. The zero-order valence-corrected chi connectivity index (χ0v) is 10.2. The highest BCUT2D eigenvalue weighted by Crippen LogP contribution is 2.26. The number of halogens is 3. The Morgan fingerprint density at radius 1 is 1.21 bits per heavy atom. The lowest BCUT2D eigenvalue weighted by Gasteiger charge is -2.29.